The molecule has 2 aliphatic carbocycles. The van der Waals surface area contributed by atoms with Crippen LogP contribution in [0.1, 0.15) is 30.4 Å². The molecule has 2 aliphatic heterocycles. The van der Waals surface area contributed by atoms with Gasteiger partial charge in [0, 0.05) is 18.2 Å². The van der Waals surface area contributed by atoms with Crippen molar-refractivity contribution in [2.45, 2.75) is 54.9 Å². The SMILES string of the molecule is C=CCN1CCC23c4c5ccc(O)c4OC2C(NN)CCC3(O)C1C5. The number of aliphatic hydroxyl groups is 1. The molecule has 5 N–H and O–H groups in total. The van der Waals surface area contributed by atoms with Crippen LogP contribution >= 0.6 is 0 Å². The fourth-order valence-electron chi connectivity index (χ4n) is 6.19. The average Bonchev–Trinajstić information content (AvgIpc) is 2.95. The summed E-state index contributed by atoms with van der Waals surface area (Å²) in [5.74, 6) is 6.53. The Bertz CT molecular complexity index is 754. The van der Waals surface area contributed by atoms with Crippen molar-refractivity contribution in [2.75, 3.05) is 13.1 Å². The lowest BCUT2D eigenvalue weighted by Gasteiger charge is -2.64. The summed E-state index contributed by atoms with van der Waals surface area (Å²) in [7, 11) is 0. The summed E-state index contributed by atoms with van der Waals surface area (Å²) in [4.78, 5) is 2.35. The number of aromatic hydroxyl groups is 1. The van der Waals surface area contributed by atoms with Gasteiger partial charge in [0.05, 0.1) is 17.1 Å². The van der Waals surface area contributed by atoms with Crippen molar-refractivity contribution in [2.24, 2.45) is 5.84 Å². The third-order valence-corrected chi connectivity index (χ3v) is 7.15. The Morgan fingerprint density at radius 3 is 3.04 bits per heavy atom. The predicted molar refractivity (Wildman–Crippen MR) is 93.4 cm³/mol. The monoisotopic (exact) mass is 343 g/mol. The van der Waals surface area contributed by atoms with Gasteiger partial charge in [0.2, 0.25) is 0 Å². The highest BCUT2D eigenvalue weighted by molar-refractivity contribution is 5.62. The van der Waals surface area contributed by atoms with Crippen LogP contribution in [0, 0.1) is 0 Å². The largest absolute Gasteiger partial charge is 0.504 e. The van der Waals surface area contributed by atoms with Gasteiger partial charge in [0.15, 0.2) is 11.5 Å². The minimum Gasteiger partial charge on any atom is -0.504 e. The van der Waals surface area contributed by atoms with E-state index in [9.17, 15) is 10.2 Å². The molecule has 5 rings (SSSR count). The number of ether oxygens (including phenoxy) is 1. The molecular weight excluding hydrogens is 318 g/mol. The van der Waals surface area contributed by atoms with Gasteiger partial charge in [-0.15, -0.1) is 6.58 Å². The van der Waals surface area contributed by atoms with E-state index in [4.69, 9.17) is 10.6 Å². The summed E-state index contributed by atoms with van der Waals surface area (Å²) in [5, 5.41) is 22.4. The van der Waals surface area contributed by atoms with E-state index in [0.29, 0.717) is 12.2 Å². The molecule has 0 aromatic heterocycles. The summed E-state index contributed by atoms with van der Waals surface area (Å²) < 4.78 is 6.28. The molecule has 1 saturated carbocycles. The van der Waals surface area contributed by atoms with E-state index in [1.807, 2.05) is 12.1 Å². The van der Waals surface area contributed by atoms with Crippen LogP contribution in [0.25, 0.3) is 0 Å². The number of benzene rings is 1. The minimum atomic E-state index is -0.877. The van der Waals surface area contributed by atoms with E-state index in [-0.39, 0.29) is 23.9 Å². The van der Waals surface area contributed by atoms with Crippen molar-refractivity contribution >= 4 is 0 Å². The zero-order valence-electron chi connectivity index (χ0n) is 14.2. The Balaban J connectivity index is 1.76. The molecule has 5 unspecified atom stereocenters. The van der Waals surface area contributed by atoms with E-state index >= 15 is 0 Å². The van der Waals surface area contributed by atoms with Gasteiger partial charge in [-0.1, -0.05) is 12.1 Å². The third-order valence-electron chi connectivity index (χ3n) is 7.15. The molecule has 1 saturated heterocycles. The smallest absolute Gasteiger partial charge is 0.165 e. The van der Waals surface area contributed by atoms with Crippen molar-refractivity contribution < 1.29 is 14.9 Å². The number of hydrazine groups is 1. The number of phenols is 1. The second kappa shape index (κ2) is 4.98. The predicted octanol–water partition coefficient (Wildman–Crippen LogP) is 0.564. The van der Waals surface area contributed by atoms with Gasteiger partial charge in [-0.3, -0.25) is 16.2 Å². The molecule has 1 aromatic rings. The quantitative estimate of drug-likeness (QED) is 0.364. The maximum atomic E-state index is 12.0. The molecule has 1 aromatic carbocycles. The molecule has 2 fully saturated rings. The van der Waals surface area contributed by atoms with Crippen molar-refractivity contribution in [3.8, 4) is 11.5 Å². The molecule has 2 bridgehead atoms. The summed E-state index contributed by atoms with van der Waals surface area (Å²) in [6, 6.07) is 3.70. The molecule has 0 radical (unpaired) electrons. The van der Waals surface area contributed by atoms with Crippen LogP contribution in [0.4, 0.5) is 0 Å². The Kier molecular flexibility index (Phi) is 3.11. The van der Waals surface area contributed by atoms with Gasteiger partial charge in [0.25, 0.3) is 0 Å². The zero-order chi connectivity index (χ0) is 17.4. The maximum Gasteiger partial charge on any atom is 0.165 e. The van der Waals surface area contributed by atoms with Gasteiger partial charge in [-0.05, 0) is 43.9 Å². The Morgan fingerprint density at radius 2 is 2.28 bits per heavy atom. The molecule has 134 valence electrons. The lowest BCUT2D eigenvalue weighted by molar-refractivity contribution is -0.189. The topological polar surface area (TPSA) is 91.0 Å². The van der Waals surface area contributed by atoms with E-state index in [1.165, 1.54) is 5.56 Å². The van der Waals surface area contributed by atoms with Crippen molar-refractivity contribution in [1.29, 1.82) is 0 Å². The van der Waals surface area contributed by atoms with Crippen molar-refractivity contribution in [3.63, 3.8) is 0 Å². The molecule has 25 heavy (non-hydrogen) atoms. The number of nitrogens with one attached hydrogen (secondary N) is 1. The van der Waals surface area contributed by atoms with Crippen molar-refractivity contribution in [3.05, 3.63) is 35.9 Å². The second-order valence-corrected chi connectivity index (χ2v) is 7.95. The van der Waals surface area contributed by atoms with Crippen LogP contribution in [0.2, 0.25) is 0 Å². The van der Waals surface area contributed by atoms with Crippen LogP contribution in [0.5, 0.6) is 11.5 Å². The molecule has 6 nitrogen and oxygen atoms in total. The van der Waals surface area contributed by atoms with E-state index < -0.39 is 11.0 Å². The highest BCUT2D eigenvalue weighted by Gasteiger charge is 2.72. The van der Waals surface area contributed by atoms with Gasteiger partial charge >= 0.3 is 0 Å². The molecule has 5 atom stereocenters. The van der Waals surface area contributed by atoms with Crippen LogP contribution in [-0.4, -0.2) is 52.0 Å². The van der Waals surface area contributed by atoms with Crippen molar-refractivity contribution in [1.82, 2.24) is 10.3 Å². The highest BCUT2D eigenvalue weighted by atomic mass is 16.5. The lowest BCUT2D eigenvalue weighted by atomic mass is 9.48. The van der Waals surface area contributed by atoms with E-state index in [1.54, 1.807) is 6.07 Å². The van der Waals surface area contributed by atoms with E-state index in [0.717, 1.165) is 37.9 Å². The Labute approximate surface area is 147 Å². The maximum absolute atomic E-state index is 12.0. The summed E-state index contributed by atoms with van der Waals surface area (Å²) >= 11 is 0. The number of nitrogens with zero attached hydrogens (tertiary/aromatic N) is 1. The average molecular weight is 343 g/mol. The number of hydrogen-bond acceptors (Lipinski definition) is 6. The molecule has 6 heteroatoms. The number of piperidine rings is 1. The molecule has 2 heterocycles. The number of nitrogens with two attached hydrogens (primary N) is 1. The minimum absolute atomic E-state index is 0.0343. The lowest BCUT2D eigenvalue weighted by Crippen LogP contribution is -2.78. The highest BCUT2D eigenvalue weighted by Crippen LogP contribution is 2.65. The molecule has 0 amide bonds. The van der Waals surface area contributed by atoms with Gasteiger partial charge < -0.3 is 14.9 Å². The van der Waals surface area contributed by atoms with E-state index in [2.05, 4.69) is 16.9 Å². The molecule has 4 aliphatic rings. The summed E-state index contributed by atoms with van der Waals surface area (Å²) in [5.41, 5.74) is 3.71. The summed E-state index contributed by atoms with van der Waals surface area (Å²) in [6.07, 6.45) is 4.64. The normalized spacial score (nSPS) is 41.1. The van der Waals surface area contributed by atoms with Crippen LogP contribution < -0.4 is 16.0 Å². The molecule has 1 spiro atoms. The number of rotatable bonds is 3. The number of hydrogen-bond donors (Lipinski definition) is 4. The van der Waals surface area contributed by atoms with Crippen LogP contribution in [0.3, 0.4) is 0 Å². The number of phenolic OH excluding ortho intramolecular Hbond substituents is 1. The van der Waals surface area contributed by atoms with Gasteiger partial charge in [0.1, 0.15) is 6.10 Å². The van der Waals surface area contributed by atoms with Crippen LogP contribution in [-0.2, 0) is 11.8 Å². The first-order valence-electron chi connectivity index (χ1n) is 9.12. The standard InChI is InChI=1S/C19H25N3O3/c1-2-8-22-9-7-18-15-11-3-4-13(23)16(15)25-17(18)12(21-20)5-6-19(18,24)14(22)10-11/h2-4,12,14,17,21,23-24H,1,5-10,20H2. The Hall–Kier alpha value is -1.60. The zero-order valence-corrected chi connectivity index (χ0v) is 14.2. The fourth-order valence-corrected chi connectivity index (χ4v) is 6.19. The first kappa shape index (κ1) is 15.6. The van der Waals surface area contributed by atoms with Gasteiger partial charge in [-0.2, -0.15) is 0 Å². The summed E-state index contributed by atoms with van der Waals surface area (Å²) in [6.45, 7) is 5.54. The van der Waals surface area contributed by atoms with Crippen LogP contribution in [0.15, 0.2) is 24.8 Å². The Morgan fingerprint density at radius 1 is 1.44 bits per heavy atom. The third kappa shape index (κ3) is 1.64. The first-order valence-corrected chi connectivity index (χ1v) is 9.12. The van der Waals surface area contributed by atoms with Gasteiger partial charge in [-0.25, -0.2) is 0 Å². The second-order valence-electron chi connectivity index (χ2n) is 7.95. The fraction of sp³-hybridized carbons (Fsp3) is 0.579. The number of likely N-dealkylation sites (tertiary alicyclic amines) is 1. The first-order chi connectivity index (χ1) is 12.1. The molecular formula is C19H25N3O3.